The second kappa shape index (κ2) is 7.94. The average molecular weight is 220 g/mol. The molecule has 0 rings (SSSR count). The van der Waals surface area contributed by atoms with Crippen molar-refractivity contribution in [1.29, 1.82) is 0 Å². The molecule has 2 unspecified atom stereocenters. The minimum atomic E-state index is -1.11. The quantitative estimate of drug-likeness (QED) is 0.634. The lowest BCUT2D eigenvalue weighted by Crippen LogP contribution is -2.36. The van der Waals surface area contributed by atoms with Crippen LogP contribution < -0.4 is 11.1 Å². The Labute approximate surface area is 88.1 Å². The Morgan fingerprint density at radius 3 is 2.71 bits per heavy atom. The van der Waals surface area contributed by atoms with Gasteiger partial charge >= 0.3 is 0 Å². The van der Waals surface area contributed by atoms with Gasteiger partial charge in [0.25, 0.3) is 0 Å². The SMILES string of the molecule is CCCC(C)NC(=O)CS(=O)CCN. The van der Waals surface area contributed by atoms with Crippen molar-refractivity contribution in [3.63, 3.8) is 0 Å². The number of hydrogen-bond acceptors (Lipinski definition) is 3. The van der Waals surface area contributed by atoms with Gasteiger partial charge in [-0.1, -0.05) is 13.3 Å². The summed E-state index contributed by atoms with van der Waals surface area (Å²) in [5, 5.41) is 2.80. The highest BCUT2D eigenvalue weighted by Crippen LogP contribution is 1.94. The van der Waals surface area contributed by atoms with Crippen LogP contribution in [0.4, 0.5) is 0 Å². The van der Waals surface area contributed by atoms with Crippen LogP contribution in [0.25, 0.3) is 0 Å². The van der Waals surface area contributed by atoms with Crippen LogP contribution in [0.1, 0.15) is 26.7 Å². The zero-order chi connectivity index (χ0) is 11.0. The lowest BCUT2D eigenvalue weighted by Gasteiger charge is -2.12. The minimum Gasteiger partial charge on any atom is -0.353 e. The van der Waals surface area contributed by atoms with Gasteiger partial charge in [0.15, 0.2) is 0 Å². The summed E-state index contributed by atoms with van der Waals surface area (Å²) in [5.41, 5.74) is 5.23. The first kappa shape index (κ1) is 13.6. The third-order valence-corrected chi connectivity index (χ3v) is 3.04. The van der Waals surface area contributed by atoms with Crippen LogP contribution >= 0.6 is 0 Å². The Kier molecular flexibility index (Phi) is 7.70. The van der Waals surface area contributed by atoms with E-state index in [9.17, 15) is 9.00 Å². The number of carbonyl (C=O) groups is 1. The van der Waals surface area contributed by atoms with Crippen molar-refractivity contribution in [2.24, 2.45) is 5.73 Å². The first-order valence-corrected chi connectivity index (χ1v) is 6.43. The number of hydrogen-bond donors (Lipinski definition) is 2. The van der Waals surface area contributed by atoms with Crippen molar-refractivity contribution >= 4 is 16.7 Å². The van der Waals surface area contributed by atoms with Gasteiger partial charge in [-0.3, -0.25) is 9.00 Å². The van der Waals surface area contributed by atoms with Gasteiger partial charge in [-0.15, -0.1) is 0 Å². The van der Waals surface area contributed by atoms with Gasteiger partial charge in [0.05, 0.1) is 0 Å². The predicted octanol–water partition coefficient (Wildman–Crippen LogP) is -0.00140. The van der Waals surface area contributed by atoms with Crippen LogP contribution in [-0.4, -0.2) is 34.2 Å². The third kappa shape index (κ3) is 7.03. The van der Waals surface area contributed by atoms with Crippen LogP contribution in [0.15, 0.2) is 0 Å². The van der Waals surface area contributed by atoms with Gasteiger partial charge in [0.1, 0.15) is 5.75 Å². The fourth-order valence-electron chi connectivity index (χ4n) is 1.17. The van der Waals surface area contributed by atoms with Gasteiger partial charge in [0.2, 0.25) is 5.91 Å². The molecule has 0 saturated heterocycles. The molecule has 3 N–H and O–H groups in total. The first-order chi connectivity index (χ1) is 6.60. The summed E-state index contributed by atoms with van der Waals surface area (Å²) >= 11 is 0. The van der Waals surface area contributed by atoms with Crippen LogP contribution in [-0.2, 0) is 15.6 Å². The summed E-state index contributed by atoms with van der Waals surface area (Å²) in [6.07, 6.45) is 1.99. The third-order valence-electron chi connectivity index (χ3n) is 1.77. The minimum absolute atomic E-state index is 0.0747. The van der Waals surface area contributed by atoms with Crippen LogP contribution in [0.3, 0.4) is 0 Å². The highest BCUT2D eigenvalue weighted by molar-refractivity contribution is 7.85. The monoisotopic (exact) mass is 220 g/mol. The van der Waals surface area contributed by atoms with E-state index in [-0.39, 0.29) is 17.7 Å². The molecule has 0 aliphatic rings. The Balaban J connectivity index is 3.69. The molecule has 0 aliphatic carbocycles. The van der Waals surface area contributed by atoms with E-state index in [1.54, 1.807) is 0 Å². The molecule has 14 heavy (non-hydrogen) atoms. The summed E-state index contributed by atoms with van der Waals surface area (Å²) in [6, 6.07) is 0.169. The predicted molar refractivity (Wildman–Crippen MR) is 59.4 cm³/mol. The Bertz CT molecular complexity index is 197. The molecule has 0 aliphatic heterocycles. The molecule has 5 heteroatoms. The molecule has 0 radical (unpaired) electrons. The van der Waals surface area contributed by atoms with E-state index in [2.05, 4.69) is 12.2 Å². The molecular weight excluding hydrogens is 200 g/mol. The molecule has 0 aromatic heterocycles. The Morgan fingerprint density at radius 1 is 1.57 bits per heavy atom. The van der Waals surface area contributed by atoms with Crippen molar-refractivity contribution in [1.82, 2.24) is 5.32 Å². The fraction of sp³-hybridized carbons (Fsp3) is 0.889. The lowest BCUT2D eigenvalue weighted by atomic mass is 10.2. The maximum atomic E-state index is 11.3. The van der Waals surface area contributed by atoms with E-state index in [1.165, 1.54) is 0 Å². The van der Waals surface area contributed by atoms with E-state index < -0.39 is 10.8 Å². The van der Waals surface area contributed by atoms with Gasteiger partial charge < -0.3 is 11.1 Å². The highest BCUT2D eigenvalue weighted by Gasteiger charge is 2.09. The van der Waals surface area contributed by atoms with Crippen molar-refractivity contribution in [2.45, 2.75) is 32.7 Å². The summed E-state index contributed by atoms with van der Waals surface area (Å²) in [4.78, 5) is 11.3. The molecule has 0 fully saturated rings. The molecule has 0 aromatic rings. The van der Waals surface area contributed by atoms with Crippen LogP contribution in [0, 0.1) is 0 Å². The van der Waals surface area contributed by atoms with E-state index in [4.69, 9.17) is 5.73 Å². The lowest BCUT2D eigenvalue weighted by molar-refractivity contribution is -0.119. The molecule has 1 amide bonds. The van der Waals surface area contributed by atoms with Crippen molar-refractivity contribution in [3.05, 3.63) is 0 Å². The zero-order valence-electron chi connectivity index (χ0n) is 8.91. The maximum absolute atomic E-state index is 11.3. The number of amides is 1. The molecule has 84 valence electrons. The number of carbonyl (C=O) groups excluding carboxylic acids is 1. The van der Waals surface area contributed by atoms with E-state index >= 15 is 0 Å². The Hall–Kier alpha value is -0.420. The molecule has 0 aromatic carbocycles. The van der Waals surface area contributed by atoms with Crippen molar-refractivity contribution in [2.75, 3.05) is 18.1 Å². The molecule has 4 nitrogen and oxygen atoms in total. The van der Waals surface area contributed by atoms with Crippen LogP contribution in [0.5, 0.6) is 0 Å². The molecule has 0 bridgehead atoms. The largest absolute Gasteiger partial charge is 0.353 e. The summed E-state index contributed by atoms with van der Waals surface area (Å²) in [7, 11) is -1.11. The van der Waals surface area contributed by atoms with Gasteiger partial charge in [-0.25, -0.2) is 0 Å². The number of nitrogens with one attached hydrogen (secondary N) is 1. The summed E-state index contributed by atoms with van der Waals surface area (Å²) < 4.78 is 11.2. The molecule has 2 atom stereocenters. The van der Waals surface area contributed by atoms with E-state index in [0.717, 1.165) is 12.8 Å². The average Bonchev–Trinajstić information content (AvgIpc) is 2.03. The molecule has 0 heterocycles. The van der Waals surface area contributed by atoms with E-state index in [1.807, 2.05) is 6.92 Å². The van der Waals surface area contributed by atoms with Gasteiger partial charge in [0, 0.05) is 29.1 Å². The fourth-order valence-corrected chi connectivity index (χ4v) is 1.95. The van der Waals surface area contributed by atoms with Crippen molar-refractivity contribution < 1.29 is 9.00 Å². The van der Waals surface area contributed by atoms with Gasteiger partial charge in [-0.05, 0) is 13.3 Å². The summed E-state index contributed by atoms with van der Waals surface area (Å²) in [6.45, 7) is 4.38. The van der Waals surface area contributed by atoms with E-state index in [0.29, 0.717) is 12.3 Å². The standard InChI is InChI=1S/C9H20N2O2S/c1-3-4-8(2)11-9(12)7-14(13)6-5-10/h8H,3-7,10H2,1-2H3,(H,11,12). The smallest absolute Gasteiger partial charge is 0.232 e. The molecule has 0 saturated carbocycles. The maximum Gasteiger partial charge on any atom is 0.232 e. The highest BCUT2D eigenvalue weighted by atomic mass is 32.2. The topological polar surface area (TPSA) is 72.2 Å². The number of rotatable bonds is 7. The zero-order valence-corrected chi connectivity index (χ0v) is 9.73. The van der Waals surface area contributed by atoms with Crippen LogP contribution in [0.2, 0.25) is 0 Å². The summed E-state index contributed by atoms with van der Waals surface area (Å²) in [5.74, 6) is 0.332. The second-order valence-corrected chi connectivity index (χ2v) is 4.91. The number of nitrogens with two attached hydrogens (primary N) is 1. The molecule has 0 spiro atoms. The first-order valence-electron chi connectivity index (χ1n) is 4.94. The Morgan fingerprint density at radius 2 is 2.21 bits per heavy atom. The van der Waals surface area contributed by atoms with Crippen molar-refractivity contribution in [3.8, 4) is 0 Å². The normalized spacial score (nSPS) is 14.8. The van der Waals surface area contributed by atoms with Gasteiger partial charge in [-0.2, -0.15) is 0 Å². The molecular formula is C9H20N2O2S. The second-order valence-electron chi connectivity index (χ2n) is 3.33.